The summed E-state index contributed by atoms with van der Waals surface area (Å²) in [6.07, 6.45) is 3.32. The monoisotopic (exact) mass is 197 g/mol. The standard InChI is InChI=1S/C10H15NO3/c1-7(12)11-10-4-9(5-10,6-10)3-8(13)14-2/h3-6H2,1-2H3,(H,11,12). The normalized spacial score (nSPS) is 37.9. The molecule has 3 fully saturated rings. The second-order valence-electron chi connectivity index (χ2n) is 4.74. The summed E-state index contributed by atoms with van der Waals surface area (Å²) in [7, 11) is 1.41. The predicted octanol–water partition coefficient (Wildman–Crippen LogP) is 0.608. The molecule has 4 heteroatoms. The van der Waals surface area contributed by atoms with Crippen molar-refractivity contribution in [2.75, 3.05) is 7.11 Å². The van der Waals surface area contributed by atoms with E-state index >= 15 is 0 Å². The average Bonchev–Trinajstić information content (AvgIpc) is 1.97. The molecule has 2 bridgehead atoms. The fourth-order valence-corrected chi connectivity index (χ4v) is 3.07. The molecule has 4 nitrogen and oxygen atoms in total. The van der Waals surface area contributed by atoms with Gasteiger partial charge in [0.25, 0.3) is 0 Å². The van der Waals surface area contributed by atoms with Crippen molar-refractivity contribution in [1.29, 1.82) is 0 Å². The van der Waals surface area contributed by atoms with Crippen molar-refractivity contribution in [2.45, 2.75) is 38.1 Å². The van der Waals surface area contributed by atoms with E-state index in [2.05, 4.69) is 10.1 Å². The van der Waals surface area contributed by atoms with Gasteiger partial charge in [0.1, 0.15) is 0 Å². The molecule has 0 unspecified atom stereocenters. The van der Waals surface area contributed by atoms with Crippen LogP contribution in [0.15, 0.2) is 0 Å². The predicted molar refractivity (Wildman–Crippen MR) is 49.5 cm³/mol. The average molecular weight is 197 g/mol. The van der Waals surface area contributed by atoms with Gasteiger partial charge in [-0.15, -0.1) is 0 Å². The number of rotatable bonds is 3. The van der Waals surface area contributed by atoms with E-state index in [0.717, 1.165) is 19.3 Å². The minimum atomic E-state index is -0.138. The van der Waals surface area contributed by atoms with E-state index in [1.807, 2.05) is 0 Å². The summed E-state index contributed by atoms with van der Waals surface area (Å²) >= 11 is 0. The Hall–Kier alpha value is -1.06. The van der Waals surface area contributed by atoms with E-state index in [-0.39, 0.29) is 22.8 Å². The van der Waals surface area contributed by atoms with Crippen molar-refractivity contribution in [2.24, 2.45) is 5.41 Å². The Bertz CT molecular complexity index is 278. The number of esters is 1. The highest BCUT2D eigenvalue weighted by Gasteiger charge is 2.68. The zero-order chi connectivity index (χ0) is 10.4. The molecule has 0 aromatic rings. The van der Waals surface area contributed by atoms with Crippen LogP contribution in [0.4, 0.5) is 0 Å². The van der Waals surface area contributed by atoms with Gasteiger partial charge in [0.05, 0.1) is 13.5 Å². The van der Waals surface area contributed by atoms with Crippen LogP contribution in [0.2, 0.25) is 0 Å². The van der Waals surface area contributed by atoms with Gasteiger partial charge in [0.15, 0.2) is 0 Å². The van der Waals surface area contributed by atoms with E-state index in [1.165, 1.54) is 14.0 Å². The molecule has 0 aromatic carbocycles. The Morgan fingerprint density at radius 1 is 1.36 bits per heavy atom. The molecular weight excluding hydrogens is 182 g/mol. The van der Waals surface area contributed by atoms with E-state index < -0.39 is 0 Å². The number of methoxy groups -OCH3 is 1. The highest BCUT2D eigenvalue weighted by Crippen LogP contribution is 2.68. The molecule has 3 saturated carbocycles. The molecule has 1 amide bonds. The molecule has 0 aliphatic heterocycles. The summed E-state index contributed by atoms with van der Waals surface area (Å²) in [5, 5.41) is 2.95. The van der Waals surface area contributed by atoms with Crippen LogP contribution in [0.25, 0.3) is 0 Å². The Morgan fingerprint density at radius 2 is 1.93 bits per heavy atom. The fourth-order valence-electron chi connectivity index (χ4n) is 3.07. The Morgan fingerprint density at radius 3 is 2.36 bits per heavy atom. The Balaban J connectivity index is 1.82. The number of hydrogen-bond donors (Lipinski definition) is 1. The fraction of sp³-hybridized carbons (Fsp3) is 0.800. The first-order valence-electron chi connectivity index (χ1n) is 4.85. The van der Waals surface area contributed by atoms with Crippen LogP contribution in [0.3, 0.4) is 0 Å². The molecule has 0 saturated heterocycles. The van der Waals surface area contributed by atoms with Crippen molar-refractivity contribution in [3.63, 3.8) is 0 Å². The molecule has 3 aliphatic rings. The van der Waals surface area contributed by atoms with Crippen molar-refractivity contribution in [3.05, 3.63) is 0 Å². The van der Waals surface area contributed by atoms with Gasteiger partial charge in [0, 0.05) is 12.5 Å². The van der Waals surface area contributed by atoms with E-state index in [9.17, 15) is 9.59 Å². The number of carbonyl (C=O) groups excluding carboxylic acids is 2. The first-order valence-corrected chi connectivity index (χ1v) is 4.85. The summed E-state index contributed by atoms with van der Waals surface area (Å²) in [5.74, 6) is -0.113. The van der Waals surface area contributed by atoms with Crippen molar-refractivity contribution < 1.29 is 14.3 Å². The highest BCUT2D eigenvalue weighted by atomic mass is 16.5. The topological polar surface area (TPSA) is 55.4 Å². The number of ether oxygens (including phenoxy) is 1. The van der Waals surface area contributed by atoms with Crippen LogP contribution in [0.1, 0.15) is 32.6 Å². The molecule has 3 rings (SSSR count). The van der Waals surface area contributed by atoms with Crippen LogP contribution in [0, 0.1) is 5.41 Å². The zero-order valence-electron chi connectivity index (χ0n) is 8.55. The molecule has 14 heavy (non-hydrogen) atoms. The lowest BCUT2D eigenvalue weighted by molar-refractivity contribution is -0.180. The largest absolute Gasteiger partial charge is 0.469 e. The second-order valence-corrected chi connectivity index (χ2v) is 4.74. The molecule has 1 N–H and O–H groups in total. The second kappa shape index (κ2) is 2.72. The molecule has 0 atom stereocenters. The van der Waals surface area contributed by atoms with Gasteiger partial charge in [-0.25, -0.2) is 0 Å². The third-order valence-corrected chi connectivity index (χ3v) is 3.33. The molecule has 0 radical (unpaired) electrons. The van der Waals surface area contributed by atoms with Crippen LogP contribution >= 0.6 is 0 Å². The number of carbonyl (C=O) groups is 2. The first-order chi connectivity index (χ1) is 6.49. The number of hydrogen-bond acceptors (Lipinski definition) is 3. The Kier molecular flexibility index (Phi) is 1.84. The van der Waals surface area contributed by atoms with Gasteiger partial charge < -0.3 is 10.1 Å². The zero-order valence-corrected chi connectivity index (χ0v) is 8.55. The minimum Gasteiger partial charge on any atom is -0.469 e. The summed E-state index contributed by atoms with van der Waals surface area (Å²) in [6, 6.07) is 0. The van der Waals surface area contributed by atoms with Gasteiger partial charge in [0.2, 0.25) is 5.91 Å². The minimum absolute atomic E-state index is 0.0244. The maximum absolute atomic E-state index is 11.1. The Labute approximate surface area is 83.0 Å². The van der Waals surface area contributed by atoms with Crippen LogP contribution in [-0.2, 0) is 14.3 Å². The van der Waals surface area contributed by atoms with Crippen molar-refractivity contribution >= 4 is 11.9 Å². The maximum Gasteiger partial charge on any atom is 0.306 e. The first kappa shape index (κ1) is 9.49. The molecule has 0 spiro atoms. The third-order valence-electron chi connectivity index (χ3n) is 3.33. The molecule has 78 valence electrons. The van der Waals surface area contributed by atoms with E-state index in [1.54, 1.807) is 0 Å². The van der Waals surface area contributed by atoms with E-state index in [4.69, 9.17) is 0 Å². The summed E-state index contributed by atoms with van der Waals surface area (Å²) < 4.78 is 4.63. The molecule has 3 aliphatic carbocycles. The summed E-state index contributed by atoms with van der Waals surface area (Å²) in [4.78, 5) is 21.9. The van der Waals surface area contributed by atoms with Crippen LogP contribution < -0.4 is 5.32 Å². The maximum atomic E-state index is 11.1. The van der Waals surface area contributed by atoms with Crippen molar-refractivity contribution in [3.8, 4) is 0 Å². The van der Waals surface area contributed by atoms with Crippen molar-refractivity contribution in [1.82, 2.24) is 5.32 Å². The van der Waals surface area contributed by atoms with Gasteiger partial charge in [-0.1, -0.05) is 0 Å². The lowest BCUT2D eigenvalue weighted by Gasteiger charge is -2.70. The number of nitrogens with one attached hydrogen (secondary N) is 1. The SMILES string of the molecule is COC(=O)CC12CC(NC(C)=O)(C1)C2. The molecule has 0 aromatic heterocycles. The van der Waals surface area contributed by atoms with Gasteiger partial charge >= 0.3 is 5.97 Å². The molecular formula is C10H15NO3. The summed E-state index contributed by atoms with van der Waals surface area (Å²) in [5.41, 5.74) is 0.176. The smallest absolute Gasteiger partial charge is 0.306 e. The van der Waals surface area contributed by atoms with Gasteiger partial charge in [-0.05, 0) is 24.7 Å². The van der Waals surface area contributed by atoms with Gasteiger partial charge in [-0.2, -0.15) is 0 Å². The quantitative estimate of drug-likeness (QED) is 0.674. The highest BCUT2D eigenvalue weighted by molar-refractivity contribution is 5.75. The van der Waals surface area contributed by atoms with Crippen LogP contribution in [-0.4, -0.2) is 24.5 Å². The lowest BCUT2D eigenvalue weighted by atomic mass is 9.38. The van der Waals surface area contributed by atoms with E-state index in [0.29, 0.717) is 6.42 Å². The summed E-state index contributed by atoms with van der Waals surface area (Å²) in [6.45, 7) is 1.54. The van der Waals surface area contributed by atoms with Gasteiger partial charge in [-0.3, -0.25) is 9.59 Å². The molecule has 0 heterocycles. The number of amides is 1. The third kappa shape index (κ3) is 1.29. The van der Waals surface area contributed by atoms with Crippen LogP contribution in [0.5, 0.6) is 0 Å². The lowest BCUT2D eigenvalue weighted by Crippen LogP contribution is -2.74.